The van der Waals surface area contributed by atoms with Crippen molar-refractivity contribution in [3.05, 3.63) is 148 Å². The van der Waals surface area contributed by atoms with E-state index in [-0.39, 0.29) is 11.4 Å². The first-order chi connectivity index (χ1) is 16.7. The van der Waals surface area contributed by atoms with Gasteiger partial charge in [0.25, 0.3) is 11.7 Å². The largest absolute Gasteiger partial charge is 0.477 e. The maximum Gasteiger partial charge on any atom is 0.350 e. The van der Waals surface area contributed by atoms with Crippen molar-refractivity contribution in [1.82, 2.24) is 4.57 Å². The van der Waals surface area contributed by atoms with Gasteiger partial charge in [-0.3, -0.25) is 0 Å². The quantitative estimate of drug-likeness (QED) is 0.368. The van der Waals surface area contributed by atoms with E-state index < -0.39 is 0 Å². The fourth-order valence-corrected chi connectivity index (χ4v) is 4.27. The van der Waals surface area contributed by atoms with E-state index in [9.17, 15) is 9.90 Å². The lowest BCUT2D eigenvalue weighted by Crippen LogP contribution is -2.45. The second-order valence-electron chi connectivity index (χ2n) is 8.20. The van der Waals surface area contributed by atoms with E-state index in [4.69, 9.17) is 0 Å². The van der Waals surface area contributed by atoms with Gasteiger partial charge in [-0.15, -0.1) is 0 Å². The van der Waals surface area contributed by atoms with Crippen molar-refractivity contribution in [2.75, 3.05) is 0 Å². The lowest BCUT2D eigenvalue weighted by Gasteiger charge is -2.16. The van der Waals surface area contributed by atoms with Crippen LogP contribution in [0.3, 0.4) is 0 Å². The normalized spacial score (nSPS) is 10.8. The number of aromatic nitrogens is 2. The van der Waals surface area contributed by atoms with Crippen LogP contribution in [0, 0.1) is 0 Å². The van der Waals surface area contributed by atoms with Crippen LogP contribution in [0.25, 0.3) is 17.1 Å². The summed E-state index contributed by atoms with van der Waals surface area (Å²) >= 11 is 0. The van der Waals surface area contributed by atoms with Crippen LogP contribution in [0.15, 0.2) is 126 Å². The predicted molar refractivity (Wildman–Crippen MR) is 134 cm³/mol. The van der Waals surface area contributed by atoms with E-state index in [1.807, 2.05) is 126 Å². The van der Waals surface area contributed by atoms with Crippen LogP contribution in [-0.4, -0.2) is 9.67 Å². The first kappa shape index (κ1) is 21.4. The Bertz CT molecular complexity index is 1450. The second-order valence-corrected chi connectivity index (χ2v) is 8.20. The molecular weight excluding hydrogens is 420 g/mol. The minimum Gasteiger partial charge on any atom is -0.477 e. The van der Waals surface area contributed by atoms with Crippen molar-refractivity contribution in [3.63, 3.8) is 0 Å². The first-order valence-corrected chi connectivity index (χ1v) is 11.3. The van der Waals surface area contributed by atoms with Gasteiger partial charge < -0.3 is 5.11 Å². The summed E-state index contributed by atoms with van der Waals surface area (Å²) in [6, 6.07) is 39.1. The molecule has 4 nitrogen and oxygen atoms in total. The summed E-state index contributed by atoms with van der Waals surface area (Å²) in [5.74, 6) is 0.624. The summed E-state index contributed by atoms with van der Waals surface area (Å²) < 4.78 is 3.56. The first-order valence-electron chi connectivity index (χ1n) is 11.3. The van der Waals surface area contributed by atoms with Gasteiger partial charge in [-0.05, 0) is 35.4 Å². The average molecular weight is 446 g/mol. The molecule has 5 rings (SSSR count). The molecule has 0 aliphatic heterocycles. The Hall–Kier alpha value is -4.44. The lowest BCUT2D eigenvalue weighted by atomic mass is 10.1. The third-order valence-electron chi connectivity index (χ3n) is 5.91. The number of rotatable bonds is 6. The molecule has 0 atom stereocenters. The molecule has 0 spiro atoms. The highest BCUT2D eigenvalue weighted by atomic mass is 16.3. The Labute approximate surface area is 198 Å². The van der Waals surface area contributed by atoms with Gasteiger partial charge in [0.1, 0.15) is 17.8 Å². The predicted octanol–water partition coefficient (Wildman–Crippen LogP) is 5.14. The molecular formula is C30H25N2O2+. The summed E-state index contributed by atoms with van der Waals surface area (Å²) in [4.78, 5) is 14.0. The van der Waals surface area contributed by atoms with Gasteiger partial charge in [-0.25, -0.2) is 4.79 Å². The van der Waals surface area contributed by atoms with Crippen molar-refractivity contribution in [2.45, 2.75) is 13.0 Å². The summed E-state index contributed by atoms with van der Waals surface area (Å²) in [6.45, 7) is 0.422. The van der Waals surface area contributed by atoms with Gasteiger partial charge in [0.05, 0.1) is 5.56 Å². The highest BCUT2D eigenvalue weighted by Gasteiger charge is 2.30. The van der Waals surface area contributed by atoms with Crippen LogP contribution in [0.2, 0.25) is 0 Å². The third-order valence-corrected chi connectivity index (χ3v) is 5.91. The Morgan fingerprint density at radius 3 is 1.74 bits per heavy atom. The Balaban J connectivity index is 1.83. The lowest BCUT2D eigenvalue weighted by molar-refractivity contribution is -0.687. The smallest absolute Gasteiger partial charge is 0.350 e. The molecule has 1 N–H and O–H groups in total. The van der Waals surface area contributed by atoms with Crippen LogP contribution in [0.1, 0.15) is 16.7 Å². The Morgan fingerprint density at radius 1 is 0.647 bits per heavy atom. The van der Waals surface area contributed by atoms with Gasteiger partial charge >= 0.3 is 5.56 Å². The van der Waals surface area contributed by atoms with Crippen molar-refractivity contribution in [3.8, 4) is 23.0 Å². The molecule has 4 aromatic carbocycles. The van der Waals surface area contributed by atoms with Crippen LogP contribution >= 0.6 is 0 Å². The summed E-state index contributed by atoms with van der Waals surface area (Å²) in [7, 11) is 0. The molecule has 0 bridgehead atoms. The molecule has 0 unspecified atom stereocenters. The van der Waals surface area contributed by atoms with Gasteiger partial charge in [0.15, 0.2) is 0 Å². The number of aromatic hydroxyl groups is 1. The van der Waals surface area contributed by atoms with E-state index in [1.54, 1.807) is 4.57 Å². The van der Waals surface area contributed by atoms with Gasteiger partial charge in [0, 0.05) is 6.42 Å². The number of benzene rings is 4. The van der Waals surface area contributed by atoms with Crippen molar-refractivity contribution >= 4 is 0 Å². The zero-order valence-corrected chi connectivity index (χ0v) is 18.7. The molecule has 166 valence electrons. The Kier molecular flexibility index (Phi) is 6.04. The molecule has 1 aromatic heterocycles. The summed E-state index contributed by atoms with van der Waals surface area (Å²) in [5, 5.41) is 11.6. The van der Waals surface area contributed by atoms with E-state index in [0.29, 0.717) is 24.4 Å². The topological polar surface area (TPSA) is 46.1 Å². The molecule has 0 fully saturated rings. The van der Waals surface area contributed by atoms with Crippen molar-refractivity contribution < 1.29 is 9.67 Å². The van der Waals surface area contributed by atoms with Crippen LogP contribution in [-0.2, 0) is 13.0 Å². The number of nitrogens with zero attached hydrogens (tertiary/aromatic N) is 2. The van der Waals surface area contributed by atoms with E-state index in [1.165, 1.54) is 0 Å². The van der Waals surface area contributed by atoms with Crippen LogP contribution < -0.4 is 10.1 Å². The second kappa shape index (κ2) is 9.59. The van der Waals surface area contributed by atoms with Gasteiger partial charge in [-0.2, -0.15) is 9.13 Å². The highest BCUT2D eigenvalue weighted by molar-refractivity contribution is 5.56. The van der Waals surface area contributed by atoms with E-state index in [0.717, 1.165) is 22.4 Å². The molecule has 0 aliphatic carbocycles. The summed E-state index contributed by atoms with van der Waals surface area (Å²) in [5.41, 5.74) is 3.74. The van der Waals surface area contributed by atoms with Gasteiger partial charge in [-0.1, -0.05) is 97.1 Å². The monoisotopic (exact) mass is 445 g/mol. The molecule has 0 saturated heterocycles. The highest BCUT2D eigenvalue weighted by Crippen LogP contribution is 2.24. The SMILES string of the molecule is O=c1c(Cc2ccccc2)c(O)[n+](Cc2ccccc2)c(-c2ccccc2)n1-c1ccccc1. The minimum atomic E-state index is -0.226. The molecule has 34 heavy (non-hydrogen) atoms. The maximum atomic E-state index is 14.0. The maximum absolute atomic E-state index is 14.0. The van der Waals surface area contributed by atoms with Crippen molar-refractivity contribution in [2.24, 2.45) is 0 Å². The number of para-hydroxylation sites is 1. The molecule has 1 heterocycles. The zero-order chi connectivity index (χ0) is 23.3. The molecule has 0 radical (unpaired) electrons. The van der Waals surface area contributed by atoms with Crippen molar-refractivity contribution in [1.29, 1.82) is 0 Å². The average Bonchev–Trinajstić information content (AvgIpc) is 2.90. The number of hydrogen-bond donors (Lipinski definition) is 1. The fraction of sp³-hybridized carbons (Fsp3) is 0.0667. The molecule has 0 aliphatic rings. The zero-order valence-electron chi connectivity index (χ0n) is 18.7. The molecule has 4 heteroatoms. The molecule has 5 aromatic rings. The fourth-order valence-electron chi connectivity index (χ4n) is 4.27. The standard InChI is InChI=1S/C30H24N2O2/c33-29-27(21-23-13-5-1-6-14-23)30(34)32(26-19-11-4-12-20-26)28(25-17-9-3-10-18-25)31(29)22-24-15-7-2-8-16-24/h1-20H,21-22H2/p+1. The molecule has 0 saturated carbocycles. The Morgan fingerprint density at radius 2 is 1.15 bits per heavy atom. The third kappa shape index (κ3) is 4.26. The van der Waals surface area contributed by atoms with E-state index >= 15 is 0 Å². The summed E-state index contributed by atoms with van der Waals surface area (Å²) in [6.07, 6.45) is 0.336. The van der Waals surface area contributed by atoms with Crippen LogP contribution in [0.4, 0.5) is 0 Å². The van der Waals surface area contributed by atoms with E-state index in [2.05, 4.69) is 0 Å². The molecule has 0 amide bonds. The minimum absolute atomic E-state index is 0.0104. The number of hydrogen-bond acceptors (Lipinski definition) is 2. The van der Waals surface area contributed by atoms with Gasteiger partial charge in [0.2, 0.25) is 0 Å². The van der Waals surface area contributed by atoms with Crippen LogP contribution in [0.5, 0.6) is 5.88 Å².